The zero-order chi connectivity index (χ0) is 10.5. The van der Waals surface area contributed by atoms with Crippen molar-refractivity contribution in [1.29, 1.82) is 0 Å². The molecule has 4 nitrogen and oxygen atoms in total. The van der Waals surface area contributed by atoms with Crippen LogP contribution in [0.1, 0.15) is 6.92 Å². The van der Waals surface area contributed by atoms with Gasteiger partial charge < -0.3 is 9.26 Å². The Kier molecular flexibility index (Phi) is 4.76. The van der Waals surface area contributed by atoms with Crippen molar-refractivity contribution < 1.29 is 18.6 Å². The lowest BCUT2D eigenvalue weighted by molar-refractivity contribution is -0.142. The van der Waals surface area contributed by atoms with Gasteiger partial charge in [-0.3, -0.25) is 9.36 Å². The maximum Gasteiger partial charge on any atom is 0.316 e. The van der Waals surface area contributed by atoms with Crippen LogP contribution in [0.5, 0.6) is 0 Å². The summed E-state index contributed by atoms with van der Waals surface area (Å²) in [7, 11) is -1.55. The van der Waals surface area contributed by atoms with Gasteiger partial charge in [0.25, 0.3) is 0 Å². The van der Waals surface area contributed by atoms with Crippen LogP contribution in [0.15, 0.2) is 0 Å². The molecule has 2 atom stereocenters. The van der Waals surface area contributed by atoms with Crippen LogP contribution in [-0.4, -0.2) is 32.0 Å². The summed E-state index contributed by atoms with van der Waals surface area (Å²) in [5.74, 6) is 1.63. The van der Waals surface area contributed by atoms with E-state index in [0.29, 0.717) is 0 Å². The van der Waals surface area contributed by atoms with Crippen LogP contribution >= 0.6 is 7.37 Å². The Morgan fingerprint density at radius 3 is 2.62 bits per heavy atom. The van der Waals surface area contributed by atoms with E-state index in [1.165, 1.54) is 13.8 Å². The fourth-order valence-corrected chi connectivity index (χ4v) is 1.24. The molecule has 0 aromatic rings. The number of carbonyl (C=O) groups is 1. The molecule has 0 saturated carbocycles. The highest BCUT2D eigenvalue weighted by Gasteiger charge is 2.21. The van der Waals surface area contributed by atoms with Gasteiger partial charge in [0.1, 0.15) is 6.16 Å². The monoisotopic (exact) mass is 204 g/mol. The topological polar surface area (TPSA) is 52.6 Å². The third-order valence-electron chi connectivity index (χ3n) is 1.35. The quantitative estimate of drug-likeness (QED) is 0.391. The molecule has 0 aliphatic heterocycles. The summed E-state index contributed by atoms with van der Waals surface area (Å²) in [5, 5.41) is 0. The molecule has 0 N–H and O–H groups in total. The van der Waals surface area contributed by atoms with E-state index >= 15 is 0 Å². The standard InChI is InChI=1S/C8H13O4P/c1-5-7(2)12-8(9)6-13(4,10)11-3/h1,7H,6H2,2-4H3. The Bertz CT molecular complexity index is 266. The van der Waals surface area contributed by atoms with Crippen LogP contribution in [0.25, 0.3) is 0 Å². The van der Waals surface area contributed by atoms with Crippen LogP contribution in [0, 0.1) is 12.3 Å². The van der Waals surface area contributed by atoms with E-state index in [2.05, 4.69) is 10.4 Å². The molecule has 0 aliphatic carbocycles. The van der Waals surface area contributed by atoms with E-state index < -0.39 is 19.4 Å². The van der Waals surface area contributed by atoms with Gasteiger partial charge in [0, 0.05) is 13.8 Å². The molecule has 0 bridgehead atoms. The summed E-state index contributed by atoms with van der Waals surface area (Å²) >= 11 is 0. The minimum Gasteiger partial charge on any atom is -0.449 e. The third-order valence-corrected chi connectivity index (χ3v) is 2.95. The molecule has 13 heavy (non-hydrogen) atoms. The van der Waals surface area contributed by atoms with Crippen molar-refractivity contribution in [3.63, 3.8) is 0 Å². The van der Waals surface area contributed by atoms with Gasteiger partial charge in [0.15, 0.2) is 6.10 Å². The zero-order valence-corrected chi connectivity index (χ0v) is 8.84. The summed E-state index contributed by atoms with van der Waals surface area (Å²) in [6.45, 7) is 2.93. The van der Waals surface area contributed by atoms with Gasteiger partial charge in [-0.2, -0.15) is 0 Å². The average molecular weight is 204 g/mol. The molecule has 74 valence electrons. The van der Waals surface area contributed by atoms with Crippen molar-refractivity contribution in [3.05, 3.63) is 0 Å². The number of hydrogen-bond donors (Lipinski definition) is 0. The van der Waals surface area contributed by atoms with Crippen LogP contribution in [-0.2, 0) is 18.6 Å². The number of ether oxygens (including phenoxy) is 1. The predicted molar refractivity (Wildman–Crippen MR) is 49.8 cm³/mol. The third kappa shape index (κ3) is 5.46. The first-order valence-electron chi connectivity index (χ1n) is 3.69. The lowest BCUT2D eigenvalue weighted by atomic mass is 10.4. The molecular weight excluding hydrogens is 191 g/mol. The minimum absolute atomic E-state index is 0.241. The van der Waals surface area contributed by atoms with Crippen molar-refractivity contribution in [2.24, 2.45) is 0 Å². The minimum atomic E-state index is -2.84. The summed E-state index contributed by atoms with van der Waals surface area (Å²) < 4.78 is 20.6. The lowest BCUT2D eigenvalue weighted by Crippen LogP contribution is -2.16. The molecule has 0 heterocycles. The van der Waals surface area contributed by atoms with Gasteiger partial charge in [-0.1, -0.05) is 5.92 Å². The molecule has 5 heteroatoms. The molecule has 0 radical (unpaired) electrons. The van der Waals surface area contributed by atoms with Crippen LogP contribution in [0.3, 0.4) is 0 Å². The number of carbonyl (C=O) groups excluding carboxylic acids is 1. The van der Waals surface area contributed by atoms with Crippen molar-refractivity contribution in [2.75, 3.05) is 19.9 Å². The van der Waals surface area contributed by atoms with Crippen LogP contribution in [0.4, 0.5) is 0 Å². The fourth-order valence-electron chi connectivity index (χ4n) is 0.568. The van der Waals surface area contributed by atoms with Gasteiger partial charge in [-0.05, 0) is 6.92 Å². The van der Waals surface area contributed by atoms with Crippen molar-refractivity contribution in [3.8, 4) is 12.3 Å². The summed E-state index contributed by atoms with van der Waals surface area (Å²) in [4.78, 5) is 11.0. The average Bonchev–Trinajstić information content (AvgIpc) is 2.03. The van der Waals surface area contributed by atoms with Crippen molar-refractivity contribution >= 4 is 13.3 Å². The highest BCUT2D eigenvalue weighted by molar-refractivity contribution is 7.59. The largest absolute Gasteiger partial charge is 0.449 e. The molecular formula is C8H13O4P. The molecule has 0 aromatic carbocycles. The fraction of sp³-hybridized carbons (Fsp3) is 0.625. The van der Waals surface area contributed by atoms with Crippen LogP contribution in [0.2, 0.25) is 0 Å². The predicted octanol–water partition coefficient (Wildman–Crippen LogP) is 1.11. The molecule has 0 spiro atoms. The zero-order valence-electron chi connectivity index (χ0n) is 7.94. The molecule has 0 amide bonds. The van der Waals surface area contributed by atoms with Gasteiger partial charge in [0.2, 0.25) is 7.37 Å². The van der Waals surface area contributed by atoms with Gasteiger partial charge in [-0.25, -0.2) is 0 Å². The second kappa shape index (κ2) is 5.06. The van der Waals surface area contributed by atoms with Crippen LogP contribution < -0.4 is 0 Å². The highest BCUT2D eigenvalue weighted by atomic mass is 31.2. The second-order valence-corrected chi connectivity index (χ2v) is 5.36. The van der Waals surface area contributed by atoms with Crippen molar-refractivity contribution in [2.45, 2.75) is 13.0 Å². The molecule has 0 aromatic heterocycles. The van der Waals surface area contributed by atoms with Crippen molar-refractivity contribution in [1.82, 2.24) is 0 Å². The second-order valence-electron chi connectivity index (χ2n) is 2.65. The molecule has 0 fully saturated rings. The first-order chi connectivity index (χ1) is 5.91. The number of rotatable bonds is 4. The van der Waals surface area contributed by atoms with Gasteiger partial charge in [0.05, 0.1) is 0 Å². The number of terminal acetylenes is 1. The summed E-state index contributed by atoms with van der Waals surface area (Å²) in [6.07, 6.45) is 4.16. The number of esters is 1. The van der Waals surface area contributed by atoms with Gasteiger partial charge in [-0.15, -0.1) is 6.42 Å². The Morgan fingerprint density at radius 1 is 1.69 bits per heavy atom. The maximum atomic E-state index is 11.3. The lowest BCUT2D eigenvalue weighted by Gasteiger charge is -2.11. The molecule has 2 unspecified atom stereocenters. The first-order valence-corrected chi connectivity index (χ1v) is 5.95. The summed E-state index contributed by atoms with van der Waals surface area (Å²) in [6, 6.07) is 0. The Balaban J connectivity index is 4.04. The smallest absolute Gasteiger partial charge is 0.316 e. The number of hydrogen-bond acceptors (Lipinski definition) is 4. The molecule has 0 rings (SSSR count). The van der Waals surface area contributed by atoms with E-state index in [9.17, 15) is 9.36 Å². The molecule has 0 saturated heterocycles. The molecule has 0 aliphatic rings. The van der Waals surface area contributed by atoms with E-state index in [-0.39, 0.29) is 6.16 Å². The normalized spacial score (nSPS) is 16.8. The van der Waals surface area contributed by atoms with E-state index in [1.54, 1.807) is 6.92 Å². The van der Waals surface area contributed by atoms with Gasteiger partial charge >= 0.3 is 5.97 Å². The van der Waals surface area contributed by atoms with E-state index in [1.807, 2.05) is 0 Å². The summed E-state index contributed by atoms with van der Waals surface area (Å²) in [5.41, 5.74) is 0. The van der Waals surface area contributed by atoms with E-state index in [4.69, 9.17) is 11.2 Å². The Morgan fingerprint density at radius 2 is 2.23 bits per heavy atom. The maximum absolute atomic E-state index is 11.3. The highest BCUT2D eigenvalue weighted by Crippen LogP contribution is 2.40. The van der Waals surface area contributed by atoms with E-state index in [0.717, 1.165) is 0 Å². The first kappa shape index (κ1) is 12.2. The Hall–Kier alpha value is -0.780. The Labute approximate surface area is 78.1 Å². The SMILES string of the molecule is C#CC(C)OC(=O)CP(C)(=O)OC.